The maximum Gasteiger partial charge on any atom is 0.333 e. The van der Waals surface area contributed by atoms with E-state index in [2.05, 4.69) is 18.5 Å². The highest BCUT2D eigenvalue weighted by Crippen LogP contribution is 2.20. The van der Waals surface area contributed by atoms with Crippen LogP contribution in [0.1, 0.15) is 48.0 Å². The molecule has 0 spiro atoms. The number of rotatable bonds is 5. The van der Waals surface area contributed by atoms with E-state index in [-0.39, 0.29) is 7.43 Å². The maximum atomic E-state index is 10.1. The summed E-state index contributed by atoms with van der Waals surface area (Å²) in [6.45, 7) is 6.97. The van der Waals surface area contributed by atoms with Crippen LogP contribution < -0.4 is 0 Å². The van der Waals surface area contributed by atoms with Gasteiger partial charge in [-0.05, 0) is 13.8 Å². The molecule has 0 aromatic heterocycles. The molecule has 0 radical (unpaired) electrons. The monoisotopic (exact) mass is 259 g/mol. The van der Waals surface area contributed by atoms with Crippen LogP contribution in [0.15, 0.2) is 0 Å². The molecular formula is C9H26NO5P. The van der Waals surface area contributed by atoms with Gasteiger partial charge in [0.1, 0.15) is 12.5 Å². The predicted molar refractivity (Wildman–Crippen MR) is 64.8 cm³/mol. The van der Waals surface area contributed by atoms with Gasteiger partial charge in [0.15, 0.2) is 0 Å². The molecule has 0 aliphatic rings. The quantitative estimate of drug-likeness (QED) is 0.395. The molecule has 6 nitrogen and oxygen atoms in total. The predicted octanol–water partition coefficient (Wildman–Crippen LogP) is 1.72. The molecule has 0 saturated carbocycles. The molecule has 0 bridgehead atoms. The number of hydrogen-bond donors (Lipinski definition) is 3. The van der Waals surface area contributed by atoms with Crippen LogP contribution in [0.2, 0.25) is 0 Å². The van der Waals surface area contributed by atoms with E-state index in [1.54, 1.807) is 0 Å². The summed E-state index contributed by atoms with van der Waals surface area (Å²) in [6.07, 6.45) is 0.382. The number of aliphatic hydroxyl groups excluding tert-OH is 2. The van der Waals surface area contributed by atoms with Gasteiger partial charge in [-0.3, -0.25) is 4.57 Å². The SMILES string of the molecule is C.CC(O)N(O[PH](=O)O)C(C)O.CCCC. The van der Waals surface area contributed by atoms with Crippen molar-refractivity contribution >= 4 is 8.25 Å². The van der Waals surface area contributed by atoms with E-state index in [1.165, 1.54) is 26.7 Å². The van der Waals surface area contributed by atoms with E-state index in [0.717, 1.165) is 0 Å². The maximum absolute atomic E-state index is 10.1. The topological polar surface area (TPSA) is 90.2 Å². The van der Waals surface area contributed by atoms with Crippen molar-refractivity contribution in [1.29, 1.82) is 0 Å². The Labute approximate surface area is 98.8 Å². The average molecular weight is 259 g/mol. The molecule has 0 aliphatic heterocycles. The summed E-state index contributed by atoms with van der Waals surface area (Å²) in [5.41, 5.74) is 0. The van der Waals surface area contributed by atoms with Crippen LogP contribution in [0.3, 0.4) is 0 Å². The molecule has 0 aromatic carbocycles. The van der Waals surface area contributed by atoms with Crippen molar-refractivity contribution < 1.29 is 24.3 Å². The lowest BCUT2D eigenvalue weighted by Crippen LogP contribution is -2.38. The Bertz CT molecular complexity index is 156. The smallest absolute Gasteiger partial charge is 0.333 e. The molecule has 3 unspecified atom stereocenters. The van der Waals surface area contributed by atoms with Gasteiger partial charge in [0, 0.05) is 0 Å². The first-order valence-corrected chi connectivity index (χ1v) is 6.18. The van der Waals surface area contributed by atoms with Crippen molar-refractivity contribution in [1.82, 2.24) is 5.06 Å². The van der Waals surface area contributed by atoms with E-state index in [1.807, 2.05) is 0 Å². The summed E-state index contributed by atoms with van der Waals surface area (Å²) < 4.78 is 14.3. The molecule has 7 heteroatoms. The molecule has 16 heavy (non-hydrogen) atoms. The second-order valence-electron chi connectivity index (χ2n) is 2.98. The molecule has 102 valence electrons. The lowest BCUT2D eigenvalue weighted by molar-refractivity contribution is -0.236. The second kappa shape index (κ2) is 13.1. The lowest BCUT2D eigenvalue weighted by atomic mass is 10.4. The first-order valence-electron chi connectivity index (χ1n) is 4.92. The van der Waals surface area contributed by atoms with Crippen LogP contribution in [0.25, 0.3) is 0 Å². The molecule has 0 aromatic rings. The van der Waals surface area contributed by atoms with Crippen LogP contribution in [-0.4, -0.2) is 32.6 Å². The number of nitrogens with zero attached hydrogens (tertiary/aromatic N) is 1. The zero-order chi connectivity index (χ0) is 12.4. The largest absolute Gasteiger partial charge is 0.376 e. The highest BCUT2D eigenvalue weighted by Gasteiger charge is 2.18. The van der Waals surface area contributed by atoms with Gasteiger partial charge in [0.05, 0.1) is 0 Å². The Morgan fingerprint density at radius 1 is 1.19 bits per heavy atom. The van der Waals surface area contributed by atoms with Gasteiger partial charge in [-0.2, -0.15) is 0 Å². The third-order valence-corrected chi connectivity index (χ3v) is 1.79. The molecule has 0 aliphatic carbocycles. The minimum atomic E-state index is -3.17. The lowest BCUT2D eigenvalue weighted by Gasteiger charge is -2.24. The molecule has 0 heterocycles. The summed E-state index contributed by atoms with van der Waals surface area (Å²) in [4.78, 5) is 8.28. The Kier molecular flexibility index (Phi) is 17.5. The Balaban J connectivity index is -0.000000292. The van der Waals surface area contributed by atoms with E-state index in [0.29, 0.717) is 5.06 Å². The van der Waals surface area contributed by atoms with Crippen molar-refractivity contribution in [2.75, 3.05) is 0 Å². The minimum Gasteiger partial charge on any atom is -0.376 e. The van der Waals surface area contributed by atoms with Gasteiger partial charge in [0.2, 0.25) is 0 Å². The number of unbranched alkanes of at least 4 members (excludes halogenated alkanes) is 1. The van der Waals surface area contributed by atoms with E-state index < -0.39 is 20.7 Å². The number of hydrogen-bond acceptors (Lipinski definition) is 5. The third kappa shape index (κ3) is 14.0. The van der Waals surface area contributed by atoms with E-state index >= 15 is 0 Å². The Hall–Kier alpha value is 0.0300. The van der Waals surface area contributed by atoms with Crippen molar-refractivity contribution in [2.45, 2.75) is 60.4 Å². The first kappa shape index (κ1) is 21.3. The van der Waals surface area contributed by atoms with Crippen LogP contribution in [-0.2, 0) is 9.19 Å². The zero-order valence-electron chi connectivity index (χ0n) is 9.67. The molecule has 0 amide bonds. The minimum absolute atomic E-state index is 0. The van der Waals surface area contributed by atoms with Crippen LogP contribution in [0.5, 0.6) is 0 Å². The fourth-order valence-corrected chi connectivity index (χ4v) is 1.04. The van der Waals surface area contributed by atoms with Crippen molar-refractivity contribution in [3.63, 3.8) is 0 Å². The van der Waals surface area contributed by atoms with Crippen molar-refractivity contribution in [3.8, 4) is 0 Å². The normalized spacial score (nSPS) is 15.5. The molecule has 0 saturated heterocycles. The van der Waals surface area contributed by atoms with Gasteiger partial charge < -0.3 is 15.1 Å². The van der Waals surface area contributed by atoms with Gasteiger partial charge in [-0.25, -0.2) is 4.62 Å². The molecule has 3 N–H and O–H groups in total. The highest BCUT2D eigenvalue weighted by molar-refractivity contribution is 7.32. The third-order valence-electron chi connectivity index (χ3n) is 1.42. The summed E-state index contributed by atoms with van der Waals surface area (Å²) >= 11 is 0. The van der Waals surface area contributed by atoms with Gasteiger partial charge in [-0.15, -0.1) is 5.06 Å². The number of aliphatic hydroxyl groups is 2. The van der Waals surface area contributed by atoms with Crippen molar-refractivity contribution in [3.05, 3.63) is 0 Å². The van der Waals surface area contributed by atoms with Crippen LogP contribution >= 0.6 is 8.25 Å². The van der Waals surface area contributed by atoms with Gasteiger partial charge in [-0.1, -0.05) is 34.1 Å². The van der Waals surface area contributed by atoms with Gasteiger partial charge >= 0.3 is 8.25 Å². The molecule has 0 rings (SSSR count). The summed E-state index contributed by atoms with van der Waals surface area (Å²) in [5.74, 6) is 0. The van der Waals surface area contributed by atoms with Crippen molar-refractivity contribution in [2.24, 2.45) is 0 Å². The fourth-order valence-electron chi connectivity index (χ4n) is 0.555. The molecular weight excluding hydrogens is 233 g/mol. The Morgan fingerprint density at radius 3 is 1.56 bits per heavy atom. The highest BCUT2D eigenvalue weighted by atomic mass is 31.1. The van der Waals surface area contributed by atoms with Crippen LogP contribution in [0, 0.1) is 0 Å². The molecule has 0 fully saturated rings. The molecule has 3 atom stereocenters. The summed E-state index contributed by atoms with van der Waals surface area (Å²) in [6, 6.07) is 0. The first-order chi connectivity index (χ1) is 6.86. The Morgan fingerprint density at radius 2 is 1.50 bits per heavy atom. The average Bonchev–Trinajstić information content (AvgIpc) is 2.13. The number of hydroxylamine groups is 2. The summed E-state index contributed by atoms with van der Waals surface area (Å²) in [5, 5.41) is 18.3. The van der Waals surface area contributed by atoms with Gasteiger partial charge in [0.25, 0.3) is 0 Å². The standard InChI is InChI=1S/C4H12NO5P.C4H10.CH4/c1-3(6)5(4(2)7)10-11(8)9;1-3-4-2;/h3-4,6-7,11H,1-2H3,(H,8,9);3-4H2,1-2H3;1H4. The second-order valence-corrected chi connectivity index (χ2v) is 3.70. The zero-order valence-corrected chi connectivity index (χ0v) is 10.7. The fraction of sp³-hybridized carbons (Fsp3) is 1.00. The van der Waals surface area contributed by atoms with E-state index in [4.69, 9.17) is 15.1 Å². The van der Waals surface area contributed by atoms with Crippen LogP contribution in [0.4, 0.5) is 0 Å². The summed E-state index contributed by atoms with van der Waals surface area (Å²) in [7, 11) is -3.17. The van der Waals surface area contributed by atoms with E-state index in [9.17, 15) is 4.57 Å².